The van der Waals surface area contributed by atoms with Crippen molar-refractivity contribution in [1.29, 1.82) is 0 Å². The van der Waals surface area contributed by atoms with E-state index in [-0.39, 0.29) is 11.6 Å². The van der Waals surface area contributed by atoms with Crippen LogP contribution in [0.2, 0.25) is 0 Å². The number of piperidine rings is 1. The zero-order chi connectivity index (χ0) is 20.5. The summed E-state index contributed by atoms with van der Waals surface area (Å²) in [5.74, 6) is 1.71. The molecule has 2 aromatic heterocycles. The Labute approximate surface area is 175 Å². The van der Waals surface area contributed by atoms with Crippen LogP contribution in [-0.4, -0.2) is 51.0 Å². The van der Waals surface area contributed by atoms with Gasteiger partial charge in [-0.2, -0.15) is 0 Å². The molecule has 0 unspecified atom stereocenters. The van der Waals surface area contributed by atoms with Gasteiger partial charge in [0, 0.05) is 49.9 Å². The fraction of sp³-hybridized carbons (Fsp3) is 0.435. The van der Waals surface area contributed by atoms with Crippen molar-refractivity contribution in [2.45, 2.75) is 31.3 Å². The fourth-order valence-electron chi connectivity index (χ4n) is 5.22. The third-order valence-electron chi connectivity index (χ3n) is 6.59. The van der Waals surface area contributed by atoms with E-state index in [1.54, 1.807) is 25.8 Å². The van der Waals surface area contributed by atoms with Crippen molar-refractivity contribution in [3.05, 3.63) is 76.7 Å². The highest BCUT2D eigenvalue weighted by atomic mass is 16.5. The van der Waals surface area contributed by atoms with Crippen LogP contribution < -0.4 is 10.3 Å². The highest BCUT2D eigenvalue weighted by Crippen LogP contribution is 2.42. The molecule has 3 aromatic rings. The number of nitrogens with zero attached hydrogens (tertiary/aromatic N) is 5. The molecule has 0 amide bonds. The van der Waals surface area contributed by atoms with E-state index in [0.717, 1.165) is 44.8 Å². The van der Waals surface area contributed by atoms with E-state index in [4.69, 9.17) is 4.74 Å². The molecule has 0 N–H and O–H groups in total. The van der Waals surface area contributed by atoms with Crippen molar-refractivity contribution in [3.63, 3.8) is 0 Å². The third-order valence-corrected chi connectivity index (χ3v) is 6.59. The van der Waals surface area contributed by atoms with Crippen molar-refractivity contribution < 1.29 is 4.74 Å². The molecule has 0 spiro atoms. The standard InChI is InChI=1S/C23H27N5O2/c1-30-20-5-2-4-17(10-20)11-22-19-12-18(21-6-3-7-23(29)28(21)22)13-26(14-19)8-9-27-15-24-25-16-27/h2-7,10,15-16,18-19,22H,8-9,11-14H2,1H3/t18-,19+,22+/m1/s1. The maximum Gasteiger partial charge on any atom is 0.251 e. The Morgan fingerprint density at radius 2 is 1.90 bits per heavy atom. The van der Waals surface area contributed by atoms with E-state index >= 15 is 0 Å². The molecule has 1 aromatic carbocycles. The Kier molecular flexibility index (Phi) is 5.12. The number of methoxy groups -OCH3 is 1. The molecule has 0 radical (unpaired) electrons. The molecule has 4 heterocycles. The zero-order valence-electron chi connectivity index (χ0n) is 17.2. The van der Waals surface area contributed by atoms with Gasteiger partial charge in [-0.05, 0) is 42.5 Å². The number of hydrogen-bond donors (Lipinski definition) is 0. The van der Waals surface area contributed by atoms with Gasteiger partial charge in [0.05, 0.1) is 7.11 Å². The van der Waals surface area contributed by atoms with Gasteiger partial charge in [0.2, 0.25) is 0 Å². The summed E-state index contributed by atoms with van der Waals surface area (Å²) in [7, 11) is 1.69. The number of ether oxygens (including phenoxy) is 1. The summed E-state index contributed by atoms with van der Waals surface area (Å²) < 4.78 is 9.52. The number of fused-ring (bicyclic) bond motifs is 4. The molecule has 0 aliphatic carbocycles. The van der Waals surface area contributed by atoms with E-state index in [0.29, 0.717) is 11.8 Å². The maximum atomic E-state index is 12.9. The Bertz CT molecular complexity index is 1060. The van der Waals surface area contributed by atoms with E-state index in [1.807, 2.05) is 22.8 Å². The molecular weight excluding hydrogens is 378 g/mol. The topological polar surface area (TPSA) is 65.2 Å². The third kappa shape index (κ3) is 3.65. The molecule has 7 nitrogen and oxygen atoms in total. The molecule has 2 bridgehead atoms. The lowest BCUT2D eigenvalue weighted by atomic mass is 9.76. The van der Waals surface area contributed by atoms with Crippen LogP contribution in [0, 0.1) is 5.92 Å². The molecule has 156 valence electrons. The van der Waals surface area contributed by atoms with Crippen LogP contribution in [0.3, 0.4) is 0 Å². The molecule has 7 heteroatoms. The summed E-state index contributed by atoms with van der Waals surface area (Å²) in [6, 6.07) is 14.1. The van der Waals surface area contributed by atoms with E-state index in [1.165, 1.54) is 11.3 Å². The first-order valence-electron chi connectivity index (χ1n) is 10.6. The van der Waals surface area contributed by atoms with Crippen LogP contribution in [0.15, 0.2) is 59.9 Å². The summed E-state index contributed by atoms with van der Waals surface area (Å²) in [6.45, 7) is 3.85. The van der Waals surface area contributed by atoms with Gasteiger partial charge in [-0.15, -0.1) is 10.2 Å². The molecule has 2 aliphatic heterocycles. The molecule has 5 rings (SSSR count). The van der Waals surface area contributed by atoms with Gasteiger partial charge in [0.25, 0.3) is 5.56 Å². The number of aromatic nitrogens is 4. The maximum absolute atomic E-state index is 12.9. The predicted molar refractivity (Wildman–Crippen MR) is 114 cm³/mol. The van der Waals surface area contributed by atoms with Crippen molar-refractivity contribution in [2.75, 3.05) is 26.7 Å². The molecule has 2 aliphatic rings. The number of likely N-dealkylation sites (tertiary alicyclic amines) is 1. The van der Waals surface area contributed by atoms with Gasteiger partial charge in [-0.3, -0.25) is 4.79 Å². The minimum absolute atomic E-state index is 0.119. The van der Waals surface area contributed by atoms with Crippen LogP contribution in [0.25, 0.3) is 0 Å². The Hall–Kier alpha value is -2.93. The van der Waals surface area contributed by atoms with Gasteiger partial charge in [-0.25, -0.2) is 0 Å². The lowest BCUT2D eigenvalue weighted by Crippen LogP contribution is -2.50. The van der Waals surface area contributed by atoms with Crippen LogP contribution in [0.5, 0.6) is 5.75 Å². The van der Waals surface area contributed by atoms with Crippen LogP contribution >= 0.6 is 0 Å². The monoisotopic (exact) mass is 405 g/mol. The predicted octanol–water partition coefficient (Wildman–Crippen LogP) is 2.35. The summed E-state index contributed by atoms with van der Waals surface area (Å²) in [5.41, 5.74) is 2.51. The van der Waals surface area contributed by atoms with E-state index in [2.05, 4.69) is 37.9 Å². The van der Waals surface area contributed by atoms with Gasteiger partial charge < -0.3 is 18.8 Å². The van der Waals surface area contributed by atoms with Crippen molar-refractivity contribution in [1.82, 2.24) is 24.2 Å². The normalized spacial score (nSPS) is 23.2. The van der Waals surface area contributed by atoms with Gasteiger partial charge >= 0.3 is 0 Å². The van der Waals surface area contributed by atoms with Gasteiger partial charge in [-0.1, -0.05) is 18.2 Å². The summed E-state index contributed by atoms with van der Waals surface area (Å²) >= 11 is 0. The van der Waals surface area contributed by atoms with Crippen molar-refractivity contribution in [3.8, 4) is 5.75 Å². The highest BCUT2D eigenvalue weighted by Gasteiger charge is 2.40. The average molecular weight is 406 g/mol. The molecular formula is C23H27N5O2. The first-order valence-corrected chi connectivity index (χ1v) is 10.6. The first-order chi connectivity index (χ1) is 14.7. The van der Waals surface area contributed by atoms with Crippen LogP contribution in [0.1, 0.15) is 29.6 Å². The smallest absolute Gasteiger partial charge is 0.251 e. The quantitative estimate of drug-likeness (QED) is 0.630. The van der Waals surface area contributed by atoms with Crippen molar-refractivity contribution >= 4 is 0 Å². The van der Waals surface area contributed by atoms with E-state index in [9.17, 15) is 4.79 Å². The number of rotatable bonds is 6. The Morgan fingerprint density at radius 3 is 2.73 bits per heavy atom. The second-order valence-corrected chi connectivity index (χ2v) is 8.43. The van der Waals surface area contributed by atoms with Gasteiger partial charge in [0.1, 0.15) is 18.4 Å². The fourth-order valence-corrected chi connectivity index (χ4v) is 5.22. The second kappa shape index (κ2) is 8.07. The van der Waals surface area contributed by atoms with Gasteiger partial charge in [0.15, 0.2) is 0 Å². The number of benzene rings is 1. The summed E-state index contributed by atoms with van der Waals surface area (Å²) in [4.78, 5) is 15.4. The van der Waals surface area contributed by atoms with Crippen LogP contribution in [-0.2, 0) is 13.0 Å². The lowest BCUT2D eigenvalue weighted by molar-refractivity contribution is 0.0878. The molecule has 0 saturated carbocycles. The molecule has 1 fully saturated rings. The minimum Gasteiger partial charge on any atom is -0.497 e. The molecule has 1 saturated heterocycles. The summed E-state index contributed by atoms with van der Waals surface area (Å²) in [6.07, 6.45) is 5.52. The minimum atomic E-state index is 0.119. The first kappa shape index (κ1) is 19.1. The largest absolute Gasteiger partial charge is 0.497 e. The molecule has 3 atom stereocenters. The number of hydrogen-bond acceptors (Lipinski definition) is 5. The second-order valence-electron chi connectivity index (χ2n) is 8.43. The van der Waals surface area contributed by atoms with E-state index < -0.39 is 0 Å². The average Bonchev–Trinajstić information content (AvgIpc) is 3.29. The van der Waals surface area contributed by atoms with Crippen molar-refractivity contribution in [2.24, 2.45) is 5.92 Å². The lowest BCUT2D eigenvalue weighted by Gasteiger charge is -2.47. The Morgan fingerprint density at radius 1 is 1.07 bits per heavy atom. The highest BCUT2D eigenvalue weighted by molar-refractivity contribution is 5.30. The number of pyridine rings is 1. The summed E-state index contributed by atoms with van der Waals surface area (Å²) in [5, 5.41) is 7.80. The Balaban J connectivity index is 1.43. The van der Waals surface area contributed by atoms with Crippen LogP contribution in [0.4, 0.5) is 0 Å². The molecule has 30 heavy (non-hydrogen) atoms. The zero-order valence-corrected chi connectivity index (χ0v) is 17.2. The SMILES string of the molecule is COc1cccc(C[C@H]2[C@H]3C[C@H](CN(CCn4cnnc4)C3)c3cccc(=O)n32)c1.